The molecule has 140 valence electrons. The summed E-state index contributed by atoms with van der Waals surface area (Å²) in [6, 6.07) is 4.56. The van der Waals surface area contributed by atoms with Crippen LogP contribution in [0.3, 0.4) is 0 Å². The number of aromatic hydroxyl groups is 1. The van der Waals surface area contributed by atoms with Gasteiger partial charge >= 0.3 is 0 Å². The Kier molecular flexibility index (Phi) is 4.36. The van der Waals surface area contributed by atoms with Crippen molar-refractivity contribution in [2.45, 2.75) is 52.2 Å². The molecule has 0 fully saturated rings. The smallest absolute Gasteiger partial charge is 0.171 e. The van der Waals surface area contributed by atoms with Crippen LogP contribution >= 0.6 is 0 Å². The molecule has 3 N–H and O–H groups in total. The second-order valence-corrected chi connectivity index (χ2v) is 8.37. The van der Waals surface area contributed by atoms with Crippen molar-refractivity contribution in [3.05, 3.63) is 41.0 Å². The molecule has 0 aliphatic heterocycles. The van der Waals surface area contributed by atoms with Crippen molar-refractivity contribution >= 4 is 11.6 Å². The standard InChI is InChI=1S/C21H26O5/c1-11-8-9-13-18(24)17-12(6-5-7-15(17)22)19(25)21(13,4)14(11)10-16(23)20(2,3)26/h5-8,13-14,16,22-23,26H,9-10H2,1-4H3. The number of phenols is 1. The number of carbonyl (C=O) groups excluding carboxylic acids is 2. The van der Waals surface area contributed by atoms with Crippen LogP contribution in [0.1, 0.15) is 61.3 Å². The molecular weight excluding hydrogens is 332 g/mol. The summed E-state index contributed by atoms with van der Waals surface area (Å²) < 4.78 is 0. The van der Waals surface area contributed by atoms with Gasteiger partial charge in [0, 0.05) is 16.9 Å². The molecule has 2 aliphatic carbocycles. The van der Waals surface area contributed by atoms with Crippen LogP contribution in [0, 0.1) is 17.3 Å². The molecule has 5 nitrogen and oxygen atoms in total. The molecule has 0 heterocycles. The van der Waals surface area contributed by atoms with Gasteiger partial charge in [-0.05, 0) is 45.6 Å². The van der Waals surface area contributed by atoms with E-state index in [2.05, 4.69) is 0 Å². The number of rotatable bonds is 3. The van der Waals surface area contributed by atoms with Crippen LogP contribution in [0.15, 0.2) is 29.8 Å². The van der Waals surface area contributed by atoms with E-state index >= 15 is 0 Å². The van der Waals surface area contributed by atoms with Crippen molar-refractivity contribution in [3.63, 3.8) is 0 Å². The molecule has 1 aromatic rings. The van der Waals surface area contributed by atoms with Crippen molar-refractivity contribution in [2.75, 3.05) is 0 Å². The van der Waals surface area contributed by atoms with Gasteiger partial charge in [0.25, 0.3) is 0 Å². The van der Waals surface area contributed by atoms with Gasteiger partial charge in [0.15, 0.2) is 11.6 Å². The Labute approximate surface area is 153 Å². The first-order valence-corrected chi connectivity index (χ1v) is 8.97. The molecule has 26 heavy (non-hydrogen) atoms. The second kappa shape index (κ2) is 6.03. The van der Waals surface area contributed by atoms with Gasteiger partial charge in [-0.15, -0.1) is 0 Å². The van der Waals surface area contributed by atoms with Gasteiger partial charge in [0.05, 0.1) is 17.3 Å². The van der Waals surface area contributed by atoms with Crippen molar-refractivity contribution in [2.24, 2.45) is 17.3 Å². The lowest BCUT2D eigenvalue weighted by molar-refractivity contribution is -0.0651. The summed E-state index contributed by atoms with van der Waals surface area (Å²) in [4.78, 5) is 26.5. The van der Waals surface area contributed by atoms with Crippen LogP contribution in [-0.2, 0) is 0 Å². The van der Waals surface area contributed by atoms with Gasteiger partial charge in [-0.25, -0.2) is 0 Å². The van der Waals surface area contributed by atoms with Crippen LogP contribution in [0.5, 0.6) is 5.75 Å². The number of benzene rings is 1. The van der Waals surface area contributed by atoms with Crippen LogP contribution in [0.2, 0.25) is 0 Å². The maximum atomic E-state index is 13.4. The average Bonchev–Trinajstić information content (AvgIpc) is 2.55. The summed E-state index contributed by atoms with van der Waals surface area (Å²) in [7, 11) is 0. The van der Waals surface area contributed by atoms with Crippen molar-refractivity contribution in [1.29, 1.82) is 0 Å². The van der Waals surface area contributed by atoms with E-state index in [0.29, 0.717) is 6.42 Å². The highest BCUT2D eigenvalue weighted by atomic mass is 16.3. The number of aliphatic hydroxyl groups is 2. The molecular formula is C21H26O5. The van der Waals surface area contributed by atoms with Gasteiger partial charge in [0.1, 0.15) is 5.75 Å². The Bertz CT molecular complexity index is 801. The van der Waals surface area contributed by atoms with E-state index in [-0.39, 0.29) is 40.8 Å². The molecule has 4 unspecified atom stereocenters. The van der Waals surface area contributed by atoms with E-state index in [1.54, 1.807) is 19.1 Å². The van der Waals surface area contributed by atoms with Crippen LogP contribution in [0.25, 0.3) is 0 Å². The number of ketones is 2. The van der Waals surface area contributed by atoms with E-state index in [1.807, 2.05) is 13.0 Å². The fourth-order valence-corrected chi connectivity index (χ4v) is 4.50. The molecule has 0 bridgehead atoms. The number of carbonyl (C=O) groups is 2. The fraction of sp³-hybridized carbons (Fsp3) is 0.524. The molecule has 0 saturated heterocycles. The Morgan fingerprint density at radius 1 is 1.31 bits per heavy atom. The first kappa shape index (κ1) is 18.8. The average molecular weight is 358 g/mol. The van der Waals surface area contributed by atoms with Gasteiger partial charge in [-0.3, -0.25) is 9.59 Å². The largest absolute Gasteiger partial charge is 0.507 e. The van der Waals surface area contributed by atoms with Gasteiger partial charge in [-0.1, -0.05) is 30.7 Å². The van der Waals surface area contributed by atoms with Gasteiger partial charge < -0.3 is 15.3 Å². The zero-order valence-corrected chi connectivity index (χ0v) is 15.6. The SMILES string of the molecule is CC1=CCC2C(=O)c3c(O)cccc3C(=O)C2(C)C1CC(O)C(C)(C)O. The number of phenolic OH excluding ortho intramolecular Hbond substituents is 1. The molecule has 0 radical (unpaired) electrons. The summed E-state index contributed by atoms with van der Waals surface area (Å²) in [6.45, 7) is 6.74. The zero-order chi connectivity index (χ0) is 19.4. The predicted octanol–water partition coefficient (Wildman–Crippen LogP) is 2.88. The number of hydrogen-bond acceptors (Lipinski definition) is 5. The maximum absolute atomic E-state index is 13.4. The number of allylic oxidation sites excluding steroid dienone is 2. The maximum Gasteiger partial charge on any atom is 0.171 e. The third-order valence-electron chi connectivity index (χ3n) is 6.29. The third kappa shape index (κ3) is 2.61. The van der Waals surface area contributed by atoms with Crippen LogP contribution in [-0.4, -0.2) is 38.6 Å². The van der Waals surface area contributed by atoms with Crippen molar-refractivity contribution in [3.8, 4) is 5.75 Å². The minimum atomic E-state index is -1.30. The summed E-state index contributed by atoms with van der Waals surface area (Å²) in [6.07, 6.45) is 1.52. The molecule has 5 heteroatoms. The number of Topliss-reactive ketones (excluding diaryl/α,β-unsaturated/α-hetero) is 2. The third-order valence-corrected chi connectivity index (χ3v) is 6.29. The Morgan fingerprint density at radius 2 is 1.96 bits per heavy atom. The molecule has 0 amide bonds. The highest BCUT2D eigenvalue weighted by Gasteiger charge is 2.57. The minimum absolute atomic E-state index is 0.106. The molecule has 0 saturated carbocycles. The quantitative estimate of drug-likeness (QED) is 0.722. The molecule has 3 rings (SSSR count). The lowest BCUT2D eigenvalue weighted by atomic mass is 9.52. The molecule has 0 aromatic heterocycles. The molecule has 4 atom stereocenters. The number of aliphatic hydroxyl groups excluding tert-OH is 1. The van der Waals surface area contributed by atoms with Crippen molar-refractivity contribution < 1.29 is 24.9 Å². The monoisotopic (exact) mass is 358 g/mol. The normalized spacial score (nSPS) is 29.7. The minimum Gasteiger partial charge on any atom is -0.507 e. The molecule has 1 aromatic carbocycles. The van der Waals surface area contributed by atoms with Crippen LogP contribution < -0.4 is 0 Å². The predicted molar refractivity (Wildman–Crippen MR) is 97.2 cm³/mol. The summed E-state index contributed by atoms with van der Waals surface area (Å²) in [5.74, 6) is -1.53. The molecule has 2 aliphatic rings. The number of hydrogen-bond donors (Lipinski definition) is 3. The summed E-state index contributed by atoms with van der Waals surface area (Å²) in [5, 5.41) is 30.7. The fourth-order valence-electron chi connectivity index (χ4n) is 4.50. The first-order valence-electron chi connectivity index (χ1n) is 8.97. The highest BCUT2D eigenvalue weighted by molar-refractivity contribution is 6.19. The van der Waals surface area contributed by atoms with E-state index in [4.69, 9.17) is 0 Å². The van der Waals surface area contributed by atoms with E-state index in [1.165, 1.54) is 19.9 Å². The van der Waals surface area contributed by atoms with Crippen LogP contribution in [0.4, 0.5) is 0 Å². The topological polar surface area (TPSA) is 94.8 Å². The summed E-state index contributed by atoms with van der Waals surface area (Å²) >= 11 is 0. The van der Waals surface area contributed by atoms with Gasteiger partial charge in [-0.2, -0.15) is 0 Å². The van der Waals surface area contributed by atoms with E-state index in [9.17, 15) is 24.9 Å². The van der Waals surface area contributed by atoms with E-state index in [0.717, 1.165) is 5.57 Å². The Morgan fingerprint density at radius 3 is 2.58 bits per heavy atom. The Balaban J connectivity index is 2.12. The summed E-state index contributed by atoms with van der Waals surface area (Å²) in [5.41, 5.74) is -1.03. The molecule has 0 spiro atoms. The lowest BCUT2D eigenvalue weighted by Gasteiger charge is -2.49. The van der Waals surface area contributed by atoms with E-state index < -0.39 is 23.0 Å². The first-order chi connectivity index (χ1) is 12.0. The Hall–Kier alpha value is -1.98. The lowest BCUT2D eigenvalue weighted by Crippen LogP contribution is -2.53. The second-order valence-electron chi connectivity index (χ2n) is 8.37. The zero-order valence-electron chi connectivity index (χ0n) is 15.6. The number of fused-ring (bicyclic) bond motifs is 2. The highest BCUT2D eigenvalue weighted by Crippen LogP contribution is 2.54. The van der Waals surface area contributed by atoms with Gasteiger partial charge in [0.2, 0.25) is 0 Å². The van der Waals surface area contributed by atoms with Crippen molar-refractivity contribution in [1.82, 2.24) is 0 Å².